The van der Waals surface area contributed by atoms with E-state index < -0.39 is 16.5 Å². The number of nitrogens with zero attached hydrogens (tertiary/aromatic N) is 1. The lowest BCUT2D eigenvalue weighted by Gasteiger charge is -2.43. The molecule has 0 amide bonds. The Morgan fingerprint density at radius 1 is 0.950 bits per heavy atom. The summed E-state index contributed by atoms with van der Waals surface area (Å²) in [5, 5.41) is 0. The molecular weight excluding hydrogens is 302 g/mol. The van der Waals surface area contributed by atoms with Crippen molar-refractivity contribution >= 4 is 26.0 Å². The molecule has 0 saturated heterocycles. The van der Waals surface area contributed by atoms with E-state index in [2.05, 4.69) is 43.5 Å². The van der Waals surface area contributed by atoms with Gasteiger partial charge in [0, 0.05) is 20.8 Å². The van der Waals surface area contributed by atoms with Crippen LogP contribution in [0.15, 0.2) is 0 Å². The maximum absolute atomic E-state index is 5.93. The second kappa shape index (κ2) is 9.50. The third-order valence-corrected chi connectivity index (χ3v) is 12.9. The lowest BCUT2D eigenvalue weighted by atomic mass is 10.5. The summed E-state index contributed by atoms with van der Waals surface area (Å²) in [4.78, 5) is 0. The van der Waals surface area contributed by atoms with Crippen molar-refractivity contribution < 1.29 is 14.2 Å². The van der Waals surface area contributed by atoms with Gasteiger partial charge in [-0.05, 0) is 6.42 Å². The topological polar surface area (TPSA) is 30.9 Å². The number of methoxy groups -OCH3 is 2. The molecular formula is C13H35NO3Si3. The van der Waals surface area contributed by atoms with E-state index in [9.17, 15) is 0 Å². The highest BCUT2D eigenvalue weighted by Gasteiger charge is 2.34. The zero-order chi connectivity index (χ0) is 15.8. The first kappa shape index (κ1) is 20.5. The predicted molar refractivity (Wildman–Crippen MR) is 95.1 cm³/mol. The van der Waals surface area contributed by atoms with Gasteiger partial charge < -0.3 is 18.4 Å². The number of hydrogen-bond donors (Lipinski definition) is 0. The van der Waals surface area contributed by atoms with Gasteiger partial charge in [-0.2, -0.15) is 0 Å². The highest BCUT2D eigenvalue weighted by Crippen LogP contribution is 2.19. The molecule has 0 aromatic carbocycles. The Morgan fingerprint density at radius 2 is 1.45 bits per heavy atom. The minimum Gasteiger partial charge on any atom is -0.367 e. The second-order valence-corrected chi connectivity index (χ2v) is 19.4. The fourth-order valence-electron chi connectivity index (χ4n) is 2.40. The minimum atomic E-state index is -1.28. The van der Waals surface area contributed by atoms with Crippen molar-refractivity contribution in [2.24, 2.45) is 0 Å². The van der Waals surface area contributed by atoms with Crippen molar-refractivity contribution in [3.05, 3.63) is 0 Å². The molecule has 0 aliphatic rings. The third-order valence-electron chi connectivity index (χ3n) is 3.34. The van der Waals surface area contributed by atoms with Crippen molar-refractivity contribution in [2.45, 2.75) is 57.7 Å². The van der Waals surface area contributed by atoms with Crippen LogP contribution >= 0.6 is 0 Å². The van der Waals surface area contributed by atoms with E-state index >= 15 is 0 Å². The van der Waals surface area contributed by atoms with E-state index in [0.29, 0.717) is 0 Å². The van der Waals surface area contributed by atoms with Gasteiger partial charge >= 0.3 is 0 Å². The van der Waals surface area contributed by atoms with Crippen LogP contribution in [0.1, 0.15) is 6.42 Å². The van der Waals surface area contributed by atoms with Gasteiger partial charge in [-0.15, -0.1) is 0 Å². The molecule has 0 saturated carbocycles. The second-order valence-electron chi connectivity index (χ2n) is 7.20. The van der Waals surface area contributed by atoms with Gasteiger partial charge in [-0.25, -0.2) is 0 Å². The average Bonchev–Trinajstić information content (AvgIpc) is 2.29. The van der Waals surface area contributed by atoms with Crippen molar-refractivity contribution in [3.63, 3.8) is 0 Å². The minimum absolute atomic E-state index is 0.0652. The highest BCUT2D eigenvalue weighted by molar-refractivity contribution is 6.89. The Hall–Kier alpha value is 0.491. The summed E-state index contributed by atoms with van der Waals surface area (Å²) in [6.07, 6.45) is 1.13. The molecule has 0 aromatic rings. The van der Waals surface area contributed by atoms with E-state index in [1.54, 1.807) is 14.2 Å². The molecule has 0 atom stereocenters. The molecule has 0 spiro atoms. The lowest BCUT2D eigenvalue weighted by Crippen LogP contribution is -2.59. The molecule has 0 aliphatic carbocycles. The summed E-state index contributed by atoms with van der Waals surface area (Å²) in [6, 6.07) is 1.21. The summed E-state index contributed by atoms with van der Waals surface area (Å²) >= 11 is 0. The molecule has 0 rings (SSSR count). The van der Waals surface area contributed by atoms with E-state index in [1.807, 2.05) is 0 Å². The SMILES string of the molecule is COC(OC)[SiH2]CCCOCN([Si](C)(C)C)[Si](C)(C)C. The van der Waals surface area contributed by atoms with Crippen molar-refractivity contribution in [1.29, 1.82) is 0 Å². The Labute approximate surface area is 130 Å². The first-order chi connectivity index (χ1) is 9.12. The van der Waals surface area contributed by atoms with Crippen LogP contribution in [0.25, 0.3) is 0 Å². The maximum atomic E-state index is 5.93. The molecule has 0 fully saturated rings. The summed E-state index contributed by atoms with van der Waals surface area (Å²) < 4.78 is 19.1. The van der Waals surface area contributed by atoms with Gasteiger partial charge in [0.15, 0.2) is 0 Å². The van der Waals surface area contributed by atoms with Crippen LogP contribution in [-0.2, 0) is 14.2 Å². The molecule has 4 nitrogen and oxygen atoms in total. The molecule has 0 unspecified atom stereocenters. The molecule has 0 radical (unpaired) electrons. The van der Waals surface area contributed by atoms with E-state index in [0.717, 1.165) is 19.8 Å². The average molecular weight is 338 g/mol. The zero-order valence-corrected chi connectivity index (χ0v) is 18.2. The Bertz CT molecular complexity index is 236. The van der Waals surface area contributed by atoms with Crippen LogP contribution in [0, 0.1) is 0 Å². The Balaban J connectivity index is 3.92. The van der Waals surface area contributed by atoms with Crippen LogP contribution < -0.4 is 0 Å². The number of rotatable bonds is 11. The van der Waals surface area contributed by atoms with Gasteiger partial charge in [0.05, 0.1) is 16.3 Å². The lowest BCUT2D eigenvalue weighted by molar-refractivity contribution is -0.0442. The van der Waals surface area contributed by atoms with Crippen molar-refractivity contribution in [2.75, 3.05) is 27.6 Å². The number of hydrogen-bond acceptors (Lipinski definition) is 4. The summed E-state index contributed by atoms with van der Waals surface area (Å²) in [7, 11) is 0.579. The highest BCUT2D eigenvalue weighted by atomic mass is 28.4. The van der Waals surface area contributed by atoms with Crippen LogP contribution in [0.4, 0.5) is 0 Å². The van der Waals surface area contributed by atoms with E-state index in [-0.39, 0.29) is 15.4 Å². The van der Waals surface area contributed by atoms with Gasteiger partial charge in [0.25, 0.3) is 0 Å². The molecule has 122 valence electrons. The largest absolute Gasteiger partial charge is 0.367 e. The summed E-state index contributed by atoms with van der Waals surface area (Å²) in [5.41, 5.74) is 0. The zero-order valence-electron chi connectivity index (χ0n) is 14.8. The maximum Gasteiger partial charge on any atom is 0.134 e. The summed E-state index contributed by atoms with van der Waals surface area (Å²) in [5.74, 6) is 0.0652. The van der Waals surface area contributed by atoms with Crippen LogP contribution in [0.3, 0.4) is 0 Å². The van der Waals surface area contributed by atoms with Gasteiger partial charge in [-0.1, -0.05) is 45.3 Å². The smallest absolute Gasteiger partial charge is 0.134 e. The Kier molecular flexibility index (Phi) is 9.73. The van der Waals surface area contributed by atoms with Crippen molar-refractivity contribution in [1.82, 2.24) is 4.23 Å². The van der Waals surface area contributed by atoms with Crippen molar-refractivity contribution in [3.8, 4) is 0 Å². The van der Waals surface area contributed by atoms with Crippen LogP contribution in [-0.4, -0.2) is 63.7 Å². The fraction of sp³-hybridized carbons (Fsp3) is 1.00. The molecule has 0 heterocycles. The van der Waals surface area contributed by atoms with Gasteiger partial charge in [0.1, 0.15) is 22.4 Å². The van der Waals surface area contributed by atoms with Crippen LogP contribution in [0.2, 0.25) is 45.3 Å². The normalized spacial score (nSPS) is 14.1. The fourth-order valence-corrected chi connectivity index (χ4v) is 12.7. The van der Waals surface area contributed by atoms with Gasteiger partial charge in [-0.3, -0.25) is 0 Å². The Morgan fingerprint density at radius 3 is 1.85 bits per heavy atom. The standard InChI is InChI=1S/C13H35NO3Si3/c1-15-13(16-2)18-11-9-10-17-12-14(19(3,4)5)20(6,7)8/h13H,9-12,18H2,1-8H3. The third kappa shape index (κ3) is 8.71. The molecule has 0 N–H and O–H groups in total. The first-order valence-corrected chi connectivity index (χ1v) is 16.2. The number of ether oxygens (including phenoxy) is 3. The first-order valence-electron chi connectivity index (χ1n) is 7.54. The van der Waals surface area contributed by atoms with Crippen LogP contribution in [0.5, 0.6) is 0 Å². The predicted octanol–water partition coefficient (Wildman–Crippen LogP) is 2.49. The van der Waals surface area contributed by atoms with E-state index in [4.69, 9.17) is 14.2 Å². The molecule has 0 aromatic heterocycles. The van der Waals surface area contributed by atoms with Gasteiger partial charge in [0.2, 0.25) is 0 Å². The molecule has 0 bridgehead atoms. The molecule has 7 heteroatoms. The van der Waals surface area contributed by atoms with E-state index in [1.165, 1.54) is 6.04 Å². The molecule has 20 heavy (non-hydrogen) atoms. The monoisotopic (exact) mass is 337 g/mol. The summed E-state index contributed by atoms with van der Waals surface area (Å²) in [6.45, 7) is 16.1. The quantitative estimate of drug-likeness (QED) is 0.329. The molecule has 0 aliphatic heterocycles.